The normalized spacial score (nSPS) is 31.2. The molecule has 0 radical (unpaired) electrons. The molecule has 4 heteroatoms. The van der Waals surface area contributed by atoms with Gasteiger partial charge in [0.05, 0.1) is 19.3 Å². The molecule has 1 N–H and O–H groups in total. The zero-order chi connectivity index (χ0) is 12.1. The smallest absolute Gasteiger partial charge is 0.0826 e. The highest BCUT2D eigenvalue weighted by Crippen LogP contribution is 2.11. The summed E-state index contributed by atoms with van der Waals surface area (Å²) < 4.78 is 11.2. The Balaban J connectivity index is 1.61. The van der Waals surface area contributed by atoms with Crippen LogP contribution < -0.4 is 5.32 Å². The van der Waals surface area contributed by atoms with Gasteiger partial charge in [-0.25, -0.2) is 0 Å². The molecule has 0 bridgehead atoms. The van der Waals surface area contributed by atoms with Gasteiger partial charge in [-0.15, -0.1) is 0 Å². The van der Waals surface area contributed by atoms with E-state index in [0.717, 1.165) is 46.0 Å². The molecular formula is C13H26N2O2. The summed E-state index contributed by atoms with van der Waals surface area (Å²) in [6.07, 6.45) is 1.56. The van der Waals surface area contributed by atoms with Gasteiger partial charge in [0.1, 0.15) is 0 Å². The van der Waals surface area contributed by atoms with Gasteiger partial charge in [-0.1, -0.05) is 0 Å². The fraction of sp³-hybridized carbons (Fsp3) is 1.00. The standard InChI is InChI=1S/C13H26N2O2/c1-11(2)15-4-6-17-13(9-15)8-14-7-12-3-5-16-10-12/h11-14H,3-10H2,1-2H3. The lowest BCUT2D eigenvalue weighted by Crippen LogP contribution is -2.49. The molecule has 0 spiro atoms. The minimum atomic E-state index is 0.355. The number of nitrogens with zero attached hydrogens (tertiary/aromatic N) is 1. The molecule has 2 rings (SSSR count). The number of rotatable bonds is 5. The van der Waals surface area contributed by atoms with Gasteiger partial charge >= 0.3 is 0 Å². The quantitative estimate of drug-likeness (QED) is 0.770. The maximum atomic E-state index is 5.79. The van der Waals surface area contributed by atoms with Crippen molar-refractivity contribution in [1.82, 2.24) is 10.2 Å². The van der Waals surface area contributed by atoms with Crippen LogP contribution in [0, 0.1) is 5.92 Å². The molecule has 2 atom stereocenters. The van der Waals surface area contributed by atoms with Crippen LogP contribution in [-0.4, -0.2) is 63.0 Å². The first-order valence-electron chi connectivity index (χ1n) is 6.90. The molecular weight excluding hydrogens is 216 g/mol. The van der Waals surface area contributed by atoms with Crippen molar-refractivity contribution in [2.24, 2.45) is 5.92 Å². The number of nitrogens with one attached hydrogen (secondary N) is 1. The Morgan fingerprint density at radius 2 is 2.18 bits per heavy atom. The molecule has 100 valence electrons. The highest BCUT2D eigenvalue weighted by molar-refractivity contribution is 4.76. The third kappa shape index (κ3) is 4.21. The van der Waals surface area contributed by atoms with E-state index in [0.29, 0.717) is 18.1 Å². The second-order valence-electron chi connectivity index (χ2n) is 5.47. The van der Waals surface area contributed by atoms with Gasteiger partial charge in [0.2, 0.25) is 0 Å². The van der Waals surface area contributed by atoms with E-state index in [9.17, 15) is 0 Å². The van der Waals surface area contributed by atoms with Crippen LogP contribution in [-0.2, 0) is 9.47 Å². The fourth-order valence-corrected chi connectivity index (χ4v) is 2.53. The Kier molecular flexibility index (Phi) is 5.22. The first-order chi connectivity index (χ1) is 8.25. The van der Waals surface area contributed by atoms with Crippen molar-refractivity contribution in [3.8, 4) is 0 Å². The van der Waals surface area contributed by atoms with E-state index in [1.54, 1.807) is 0 Å². The molecule has 2 fully saturated rings. The van der Waals surface area contributed by atoms with Gasteiger partial charge in [-0.3, -0.25) is 4.90 Å². The zero-order valence-corrected chi connectivity index (χ0v) is 11.2. The lowest BCUT2D eigenvalue weighted by molar-refractivity contribution is -0.0373. The number of hydrogen-bond donors (Lipinski definition) is 1. The Hall–Kier alpha value is -0.160. The van der Waals surface area contributed by atoms with Gasteiger partial charge in [-0.2, -0.15) is 0 Å². The number of ether oxygens (including phenoxy) is 2. The predicted molar refractivity (Wildman–Crippen MR) is 68.2 cm³/mol. The molecule has 2 aliphatic rings. The Bertz CT molecular complexity index is 217. The van der Waals surface area contributed by atoms with E-state index in [2.05, 4.69) is 24.1 Å². The van der Waals surface area contributed by atoms with E-state index in [4.69, 9.17) is 9.47 Å². The van der Waals surface area contributed by atoms with Crippen molar-refractivity contribution in [1.29, 1.82) is 0 Å². The molecule has 17 heavy (non-hydrogen) atoms. The summed E-state index contributed by atoms with van der Waals surface area (Å²) >= 11 is 0. The maximum absolute atomic E-state index is 5.79. The molecule has 0 aromatic heterocycles. The van der Waals surface area contributed by atoms with Crippen molar-refractivity contribution >= 4 is 0 Å². The van der Waals surface area contributed by atoms with Crippen molar-refractivity contribution in [2.75, 3.05) is 46.0 Å². The second-order valence-corrected chi connectivity index (χ2v) is 5.47. The molecule has 4 nitrogen and oxygen atoms in total. The number of hydrogen-bond acceptors (Lipinski definition) is 4. The van der Waals surface area contributed by atoms with E-state index in [-0.39, 0.29) is 0 Å². The lowest BCUT2D eigenvalue weighted by Gasteiger charge is -2.35. The molecule has 2 unspecified atom stereocenters. The molecule has 0 aromatic carbocycles. The third-order valence-electron chi connectivity index (χ3n) is 3.73. The van der Waals surface area contributed by atoms with Crippen LogP contribution >= 0.6 is 0 Å². The van der Waals surface area contributed by atoms with Crippen molar-refractivity contribution in [3.05, 3.63) is 0 Å². The highest BCUT2D eigenvalue weighted by Gasteiger charge is 2.22. The van der Waals surface area contributed by atoms with Gasteiger partial charge in [0, 0.05) is 38.8 Å². The molecule has 2 heterocycles. The lowest BCUT2D eigenvalue weighted by atomic mass is 10.1. The third-order valence-corrected chi connectivity index (χ3v) is 3.73. The van der Waals surface area contributed by atoms with Crippen LogP contribution in [0.1, 0.15) is 20.3 Å². The summed E-state index contributed by atoms with van der Waals surface area (Å²) in [6.45, 7) is 11.4. The summed E-state index contributed by atoms with van der Waals surface area (Å²) in [5.74, 6) is 0.708. The minimum Gasteiger partial charge on any atom is -0.381 e. The van der Waals surface area contributed by atoms with Crippen LogP contribution in [0.4, 0.5) is 0 Å². The molecule has 2 aliphatic heterocycles. The average Bonchev–Trinajstić information content (AvgIpc) is 2.82. The maximum Gasteiger partial charge on any atom is 0.0826 e. The summed E-state index contributed by atoms with van der Waals surface area (Å²) in [7, 11) is 0. The molecule has 2 saturated heterocycles. The van der Waals surface area contributed by atoms with E-state index in [1.165, 1.54) is 6.42 Å². The Morgan fingerprint density at radius 3 is 2.88 bits per heavy atom. The van der Waals surface area contributed by atoms with E-state index < -0.39 is 0 Å². The summed E-state index contributed by atoms with van der Waals surface area (Å²) in [4.78, 5) is 2.49. The van der Waals surface area contributed by atoms with E-state index in [1.807, 2.05) is 0 Å². The molecule has 0 amide bonds. The first-order valence-corrected chi connectivity index (χ1v) is 6.90. The molecule has 0 saturated carbocycles. The van der Waals surface area contributed by atoms with Gasteiger partial charge in [0.25, 0.3) is 0 Å². The van der Waals surface area contributed by atoms with Crippen LogP contribution in [0.15, 0.2) is 0 Å². The summed E-state index contributed by atoms with van der Waals surface area (Å²) in [5, 5.41) is 3.52. The monoisotopic (exact) mass is 242 g/mol. The number of morpholine rings is 1. The van der Waals surface area contributed by atoms with Gasteiger partial charge < -0.3 is 14.8 Å². The van der Waals surface area contributed by atoms with Crippen LogP contribution in [0.3, 0.4) is 0 Å². The van der Waals surface area contributed by atoms with Crippen LogP contribution in [0.2, 0.25) is 0 Å². The topological polar surface area (TPSA) is 33.7 Å². The minimum absolute atomic E-state index is 0.355. The van der Waals surface area contributed by atoms with Gasteiger partial charge in [-0.05, 0) is 26.2 Å². The zero-order valence-electron chi connectivity index (χ0n) is 11.2. The van der Waals surface area contributed by atoms with Crippen molar-refractivity contribution < 1.29 is 9.47 Å². The Morgan fingerprint density at radius 1 is 1.29 bits per heavy atom. The largest absolute Gasteiger partial charge is 0.381 e. The Labute approximate surface area is 105 Å². The van der Waals surface area contributed by atoms with E-state index >= 15 is 0 Å². The summed E-state index contributed by atoms with van der Waals surface area (Å²) in [5.41, 5.74) is 0. The summed E-state index contributed by atoms with van der Waals surface area (Å²) in [6, 6.07) is 0.629. The SMILES string of the molecule is CC(C)N1CCOC(CNCC2CCOC2)C1. The fourth-order valence-electron chi connectivity index (χ4n) is 2.53. The molecule has 0 aromatic rings. The predicted octanol–water partition coefficient (Wildman–Crippen LogP) is 0.722. The van der Waals surface area contributed by atoms with Crippen LogP contribution in [0.5, 0.6) is 0 Å². The second kappa shape index (κ2) is 6.69. The average molecular weight is 242 g/mol. The van der Waals surface area contributed by atoms with Crippen molar-refractivity contribution in [2.45, 2.75) is 32.4 Å². The first kappa shape index (κ1) is 13.3. The van der Waals surface area contributed by atoms with Crippen molar-refractivity contribution in [3.63, 3.8) is 0 Å². The molecule has 0 aliphatic carbocycles. The van der Waals surface area contributed by atoms with Crippen LogP contribution in [0.25, 0.3) is 0 Å². The van der Waals surface area contributed by atoms with Gasteiger partial charge in [0.15, 0.2) is 0 Å². The highest BCUT2D eigenvalue weighted by atomic mass is 16.5.